The van der Waals surface area contributed by atoms with Gasteiger partial charge in [-0.1, -0.05) is 18.2 Å². The minimum atomic E-state index is -0.438. The summed E-state index contributed by atoms with van der Waals surface area (Å²) in [7, 11) is 0. The Balaban J connectivity index is 2.17. The molecule has 0 saturated carbocycles. The summed E-state index contributed by atoms with van der Waals surface area (Å²) in [5.74, 6) is 0. The van der Waals surface area contributed by atoms with E-state index in [0.717, 1.165) is 11.3 Å². The van der Waals surface area contributed by atoms with Crippen LogP contribution in [0.2, 0.25) is 0 Å². The second-order valence-electron chi connectivity index (χ2n) is 4.21. The van der Waals surface area contributed by atoms with E-state index in [1.54, 1.807) is 6.07 Å². The van der Waals surface area contributed by atoms with Crippen LogP contribution in [0.25, 0.3) is 16.7 Å². The van der Waals surface area contributed by atoms with Crippen molar-refractivity contribution < 1.29 is 4.92 Å². The van der Waals surface area contributed by atoms with Crippen LogP contribution in [0.5, 0.6) is 0 Å². The summed E-state index contributed by atoms with van der Waals surface area (Å²) in [6.07, 6.45) is 0. The first kappa shape index (κ1) is 11.3. The van der Waals surface area contributed by atoms with Crippen LogP contribution < -0.4 is 0 Å². The molecule has 6 heteroatoms. The fourth-order valence-corrected chi connectivity index (χ4v) is 1.91. The zero-order chi connectivity index (χ0) is 13.4. The van der Waals surface area contributed by atoms with E-state index in [1.807, 2.05) is 31.2 Å². The normalized spacial score (nSPS) is 10.8. The number of aromatic nitrogens is 3. The van der Waals surface area contributed by atoms with Crippen LogP contribution in [0.15, 0.2) is 42.5 Å². The van der Waals surface area contributed by atoms with Crippen molar-refractivity contribution in [1.29, 1.82) is 0 Å². The molecule has 0 fully saturated rings. The van der Waals surface area contributed by atoms with Crippen molar-refractivity contribution in [2.45, 2.75) is 6.92 Å². The fraction of sp³-hybridized carbons (Fsp3) is 0.0769. The molecule has 0 saturated heterocycles. The highest BCUT2D eigenvalue weighted by Crippen LogP contribution is 2.19. The van der Waals surface area contributed by atoms with Crippen molar-refractivity contribution in [2.75, 3.05) is 0 Å². The monoisotopic (exact) mass is 254 g/mol. The van der Waals surface area contributed by atoms with Gasteiger partial charge in [-0.05, 0) is 24.6 Å². The van der Waals surface area contributed by atoms with Gasteiger partial charge < -0.3 is 0 Å². The number of para-hydroxylation sites is 1. The Morgan fingerprint density at radius 2 is 1.84 bits per heavy atom. The third kappa shape index (κ3) is 1.93. The lowest BCUT2D eigenvalue weighted by Crippen LogP contribution is -2.00. The van der Waals surface area contributed by atoms with Crippen molar-refractivity contribution in [1.82, 2.24) is 15.0 Å². The van der Waals surface area contributed by atoms with Gasteiger partial charge in [0, 0.05) is 12.1 Å². The molecule has 1 heterocycles. The average molecular weight is 254 g/mol. The first-order valence-electron chi connectivity index (χ1n) is 5.72. The summed E-state index contributed by atoms with van der Waals surface area (Å²) >= 11 is 0. The molecule has 0 aliphatic heterocycles. The third-order valence-electron chi connectivity index (χ3n) is 2.91. The smallest absolute Gasteiger partial charge is 0.258 e. The van der Waals surface area contributed by atoms with E-state index >= 15 is 0 Å². The Bertz CT molecular complexity index is 779. The van der Waals surface area contributed by atoms with Crippen LogP contribution in [0.3, 0.4) is 0 Å². The largest absolute Gasteiger partial charge is 0.271 e. The minimum Gasteiger partial charge on any atom is -0.258 e. The summed E-state index contributed by atoms with van der Waals surface area (Å²) in [5.41, 5.74) is 3.06. The Kier molecular flexibility index (Phi) is 2.49. The Morgan fingerprint density at radius 1 is 1.11 bits per heavy atom. The number of rotatable bonds is 2. The SMILES string of the molecule is Cc1ccccc1-n1nc2ccc([N+](=O)[O-])cc2n1. The van der Waals surface area contributed by atoms with Gasteiger partial charge in [-0.3, -0.25) is 10.1 Å². The van der Waals surface area contributed by atoms with E-state index in [2.05, 4.69) is 10.2 Å². The zero-order valence-electron chi connectivity index (χ0n) is 10.1. The van der Waals surface area contributed by atoms with Crippen molar-refractivity contribution >= 4 is 16.7 Å². The predicted molar refractivity (Wildman–Crippen MR) is 70.3 cm³/mol. The molecule has 1 aromatic heterocycles. The van der Waals surface area contributed by atoms with E-state index in [0.29, 0.717) is 11.0 Å². The van der Waals surface area contributed by atoms with Crippen LogP contribution in [0.4, 0.5) is 5.69 Å². The summed E-state index contributed by atoms with van der Waals surface area (Å²) in [5, 5.41) is 19.3. The van der Waals surface area contributed by atoms with Crippen LogP contribution in [0, 0.1) is 17.0 Å². The highest BCUT2D eigenvalue weighted by atomic mass is 16.6. The molecule has 0 N–H and O–H groups in total. The molecule has 0 aliphatic carbocycles. The second kappa shape index (κ2) is 4.16. The molecule has 0 unspecified atom stereocenters. The number of nitro groups is 1. The highest BCUT2D eigenvalue weighted by molar-refractivity contribution is 5.76. The highest BCUT2D eigenvalue weighted by Gasteiger charge is 2.11. The van der Waals surface area contributed by atoms with Crippen LogP contribution >= 0.6 is 0 Å². The van der Waals surface area contributed by atoms with Crippen LogP contribution in [-0.4, -0.2) is 19.9 Å². The number of nitrogens with zero attached hydrogens (tertiary/aromatic N) is 4. The van der Waals surface area contributed by atoms with E-state index in [-0.39, 0.29) is 5.69 Å². The first-order valence-corrected chi connectivity index (χ1v) is 5.72. The van der Waals surface area contributed by atoms with E-state index in [4.69, 9.17) is 0 Å². The van der Waals surface area contributed by atoms with Crippen molar-refractivity contribution in [2.24, 2.45) is 0 Å². The van der Waals surface area contributed by atoms with Gasteiger partial charge in [0.15, 0.2) is 0 Å². The van der Waals surface area contributed by atoms with Gasteiger partial charge in [0.25, 0.3) is 5.69 Å². The molecular weight excluding hydrogens is 244 g/mol. The Hall–Kier alpha value is -2.76. The van der Waals surface area contributed by atoms with E-state index in [1.165, 1.54) is 16.9 Å². The second-order valence-corrected chi connectivity index (χ2v) is 4.21. The molecule has 3 aromatic rings. The maximum Gasteiger partial charge on any atom is 0.271 e. The predicted octanol–water partition coefficient (Wildman–Crippen LogP) is 2.64. The topological polar surface area (TPSA) is 73.8 Å². The maximum absolute atomic E-state index is 10.7. The molecule has 94 valence electrons. The average Bonchev–Trinajstić information content (AvgIpc) is 2.81. The van der Waals surface area contributed by atoms with Crippen molar-refractivity contribution in [3.8, 4) is 5.69 Å². The molecule has 2 aromatic carbocycles. The lowest BCUT2D eigenvalue weighted by atomic mass is 10.2. The minimum absolute atomic E-state index is 0.0179. The number of hydrogen-bond donors (Lipinski definition) is 0. The summed E-state index contributed by atoms with van der Waals surface area (Å²) in [6, 6.07) is 12.2. The first-order chi connectivity index (χ1) is 9.15. The van der Waals surface area contributed by atoms with Gasteiger partial charge in [0.1, 0.15) is 11.0 Å². The molecule has 3 rings (SSSR count). The molecule has 19 heavy (non-hydrogen) atoms. The number of non-ortho nitro benzene ring substituents is 1. The lowest BCUT2D eigenvalue weighted by molar-refractivity contribution is -0.384. The molecule has 0 atom stereocenters. The molecular formula is C13H10N4O2. The van der Waals surface area contributed by atoms with Gasteiger partial charge in [-0.15, -0.1) is 10.2 Å². The molecule has 0 amide bonds. The van der Waals surface area contributed by atoms with Gasteiger partial charge >= 0.3 is 0 Å². The Morgan fingerprint density at radius 3 is 2.58 bits per heavy atom. The molecule has 0 radical (unpaired) electrons. The fourth-order valence-electron chi connectivity index (χ4n) is 1.91. The van der Waals surface area contributed by atoms with E-state index < -0.39 is 4.92 Å². The maximum atomic E-state index is 10.7. The number of hydrogen-bond acceptors (Lipinski definition) is 4. The molecule has 0 bridgehead atoms. The van der Waals surface area contributed by atoms with Gasteiger partial charge in [-0.25, -0.2) is 0 Å². The van der Waals surface area contributed by atoms with Crippen LogP contribution in [-0.2, 0) is 0 Å². The molecule has 0 aliphatic rings. The van der Waals surface area contributed by atoms with Gasteiger partial charge in [-0.2, -0.15) is 4.80 Å². The Labute approximate surface area is 108 Å². The molecule has 0 spiro atoms. The van der Waals surface area contributed by atoms with Gasteiger partial charge in [0.05, 0.1) is 10.6 Å². The van der Waals surface area contributed by atoms with Crippen molar-refractivity contribution in [3.05, 3.63) is 58.1 Å². The standard InChI is InChI=1S/C13H10N4O2/c1-9-4-2-3-5-13(9)16-14-11-7-6-10(17(18)19)8-12(11)15-16/h2-8H,1H3. The third-order valence-corrected chi connectivity index (χ3v) is 2.91. The molecule has 6 nitrogen and oxygen atoms in total. The number of aryl methyl sites for hydroxylation is 1. The van der Waals surface area contributed by atoms with Crippen molar-refractivity contribution in [3.63, 3.8) is 0 Å². The lowest BCUT2D eigenvalue weighted by Gasteiger charge is -2.02. The summed E-state index contributed by atoms with van der Waals surface area (Å²) in [6.45, 7) is 1.96. The number of nitro benzene ring substituents is 1. The summed E-state index contributed by atoms with van der Waals surface area (Å²) < 4.78 is 0. The zero-order valence-corrected chi connectivity index (χ0v) is 10.1. The van der Waals surface area contributed by atoms with Gasteiger partial charge in [0.2, 0.25) is 0 Å². The number of fused-ring (bicyclic) bond motifs is 1. The quantitative estimate of drug-likeness (QED) is 0.520. The van der Waals surface area contributed by atoms with E-state index in [9.17, 15) is 10.1 Å². The van der Waals surface area contributed by atoms with Crippen LogP contribution in [0.1, 0.15) is 5.56 Å². The number of benzene rings is 2. The summed E-state index contributed by atoms with van der Waals surface area (Å²) in [4.78, 5) is 11.8.